The van der Waals surface area contributed by atoms with Gasteiger partial charge in [0.25, 0.3) is 0 Å². The first-order valence-corrected chi connectivity index (χ1v) is 14.3. The second kappa shape index (κ2) is 9.80. The summed E-state index contributed by atoms with van der Waals surface area (Å²) < 4.78 is 0. The van der Waals surface area contributed by atoms with Gasteiger partial charge in [-0.1, -0.05) is 26.7 Å². The number of amides is 1. The van der Waals surface area contributed by atoms with Crippen molar-refractivity contribution in [3.8, 4) is 0 Å². The van der Waals surface area contributed by atoms with E-state index in [1.165, 1.54) is 70.6 Å². The Labute approximate surface area is 204 Å². The largest absolute Gasteiger partial charge is 0.344 e. The van der Waals surface area contributed by atoms with Crippen LogP contribution >= 0.6 is 0 Å². The zero-order valence-corrected chi connectivity index (χ0v) is 22.6. The van der Waals surface area contributed by atoms with Gasteiger partial charge >= 0.3 is 0 Å². The fraction of sp³-hybridized carbons (Fsp3) is 0.966. The third-order valence-corrected chi connectivity index (χ3v) is 11.1. The van der Waals surface area contributed by atoms with Crippen molar-refractivity contribution in [3.63, 3.8) is 0 Å². The van der Waals surface area contributed by atoms with E-state index in [1.54, 1.807) is 0 Å². The summed E-state index contributed by atoms with van der Waals surface area (Å²) in [6.07, 6.45) is 16.6. The number of nitrogens with one attached hydrogen (secondary N) is 3. The molecule has 4 rings (SSSR count). The van der Waals surface area contributed by atoms with Crippen molar-refractivity contribution < 1.29 is 4.79 Å². The van der Waals surface area contributed by atoms with E-state index >= 15 is 0 Å². The summed E-state index contributed by atoms with van der Waals surface area (Å²) in [4.78, 5) is 12.2. The molecule has 0 saturated heterocycles. The van der Waals surface area contributed by atoms with E-state index in [-0.39, 0.29) is 17.5 Å². The highest BCUT2D eigenvalue weighted by Gasteiger charge is 2.59. The van der Waals surface area contributed by atoms with Crippen molar-refractivity contribution in [2.45, 2.75) is 123 Å². The quantitative estimate of drug-likeness (QED) is 0.398. The van der Waals surface area contributed by atoms with Crippen LogP contribution in [0.4, 0.5) is 0 Å². The highest BCUT2D eigenvalue weighted by molar-refractivity contribution is 5.76. The summed E-state index contributed by atoms with van der Waals surface area (Å²) in [6, 6.07) is 0.194. The maximum atomic E-state index is 12.2. The van der Waals surface area contributed by atoms with Gasteiger partial charge in [0.1, 0.15) is 0 Å². The van der Waals surface area contributed by atoms with Crippen LogP contribution in [-0.2, 0) is 4.79 Å². The Morgan fingerprint density at radius 2 is 1.73 bits per heavy atom. The van der Waals surface area contributed by atoms with E-state index in [4.69, 9.17) is 0 Å². The Morgan fingerprint density at radius 3 is 2.48 bits per heavy atom. The Kier molecular flexibility index (Phi) is 7.57. The van der Waals surface area contributed by atoms with Crippen molar-refractivity contribution >= 4 is 5.91 Å². The average Bonchev–Trinajstić information content (AvgIpc) is 3.06. The van der Waals surface area contributed by atoms with Crippen molar-refractivity contribution in [2.24, 2.45) is 40.4 Å². The monoisotopic (exact) mass is 459 g/mol. The zero-order valence-electron chi connectivity index (χ0n) is 22.6. The molecule has 0 bridgehead atoms. The van der Waals surface area contributed by atoms with E-state index in [9.17, 15) is 4.79 Å². The molecule has 0 heterocycles. The molecule has 4 nitrogen and oxygen atoms in total. The van der Waals surface area contributed by atoms with Gasteiger partial charge in [0.15, 0.2) is 0 Å². The smallest absolute Gasteiger partial charge is 0.222 e. The lowest BCUT2D eigenvalue weighted by Crippen LogP contribution is -2.53. The number of carbonyl (C=O) groups excluding carboxylic acids is 1. The van der Waals surface area contributed by atoms with Crippen LogP contribution in [-0.4, -0.2) is 31.2 Å². The molecule has 4 saturated carbocycles. The lowest BCUT2D eigenvalue weighted by molar-refractivity contribution is -0.121. The summed E-state index contributed by atoms with van der Waals surface area (Å²) in [7, 11) is 1.86. The van der Waals surface area contributed by atoms with Crippen LogP contribution < -0.4 is 16.0 Å². The number of carbonyl (C=O) groups is 1. The third-order valence-electron chi connectivity index (χ3n) is 11.1. The van der Waals surface area contributed by atoms with Gasteiger partial charge in [-0.15, -0.1) is 0 Å². The van der Waals surface area contributed by atoms with Gasteiger partial charge in [-0.05, 0) is 126 Å². The maximum absolute atomic E-state index is 12.2. The van der Waals surface area contributed by atoms with E-state index in [1.807, 2.05) is 7.05 Å². The zero-order chi connectivity index (χ0) is 23.9. The summed E-state index contributed by atoms with van der Waals surface area (Å²) in [5.41, 5.74) is 1.23. The molecule has 0 aromatic rings. The number of hydrogen-bond acceptors (Lipinski definition) is 3. The minimum atomic E-state index is 0.0646. The molecule has 0 radical (unpaired) electrons. The normalized spacial score (nSPS) is 41.6. The van der Waals surface area contributed by atoms with Crippen LogP contribution in [0.5, 0.6) is 0 Å². The lowest BCUT2D eigenvalue weighted by Gasteiger charge is -2.60. The fourth-order valence-electron chi connectivity index (χ4n) is 9.67. The van der Waals surface area contributed by atoms with Crippen LogP contribution in [0.15, 0.2) is 0 Å². The maximum Gasteiger partial charge on any atom is 0.222 e. The Balaban J connectivity index is 1.38. The van der Waals surface area contributed by atoms with Gasteiger partial charge in [0, 0.05) is 18.0 Å². The molecule has 4 fully saturated rings. The molecular weight excluding hydrogens is 406 g/mol. The molecule has 4 aliphatic carbocycles. The minimum Gasteiger partial charge on any atom is -0.344 e. The Hall–Kier alpha value is -0.610. The van der Waals surface area contributed by atoms with E-state index in [0.717, 1.165) is 29.6 Å². The fourth-order valence-corrected chi connectivity index (χ4v) is 9.67. The summed E-state index contributed by atoms with van der Waals surface area (Å²) in [5.74, 6) is 4.88. The molecule has 1 amide bonds. The molecule has 190 valence electrons. The molecule has 0 aromatic heterocycles. The van der Waals surface area contributed by atoms with Gasteiger partial charge < -0.3 is 16.0 Å². The molecular formula is C29H53N3O. The molecule has 8 unspecified atom stereocenters. The van der Waals surface area contributed by atoms with Crippen LogP contribution in [0, 0.1) is 40.4 Å². The van der Waals surface area contributed by atoms with Gasteiger partial charge in [-0.25, -0.2) is 0 Å². The van der Waals surface area contributed by atoms with Gasteiger partial charge in [-0.3, -0.25) is 4.79 Å². The van der Waals surface area contributed by atoms with Gasteiger partial charge in [-0.2, -0.15) is 0 Å². The molecule has 3 N–H and O–H groups in total. The first kappa shape index (κ1) is 25.5. The molecule has 4 heteroatoms. The van der Waals surface area contributed by atoms with Gasteiger partial charge in [0.2, 0.25) is 5.91 Å². The second-order valence-electron chi connectivity index (χ2n) is 13.7. The lowest BCUT2D eigenvalue weighted by atomic mass is 9.44. The predicted octanol–water partition coefficient (Wildman–Crippen LogP) is 5.87. The van der Waals surface area contributed by atoms with Crippen LogP contribution in [0.3, 0.4) is 0 Å². The third kappa shape index (κ3) is 5.03. The van der Waals surface area contributed by atoms with E-state index in [2.05, 4.69) is 50.6 Å². The highest BCUT2D eigenvalue weighted by atomic mass is 16.1. The van der Waals surface area contributed by atoms with Crippen molar-refractivity contribution in [1.82, 2.24) is 16.0 Å². The van der Waals surface area contributed by atoms with E-state index in [0.29, 0.717) is 23.9 Å². The molecule has 33 heavy (non-hydrogen) atoms. The molecule has 8 atom stereocenters. The Bertz CT molecular complexity index is 692. The standard InChI is InChI=1S/C29H53N3O/c1-20(17-26(33)31-19-30-6)32-27(2,3)18-22-11-13-24-23-12-10-21-9-7-8-15-28(21,4)25(23)14-16-29(22,24)5/h20-25,30,32H,7-19H2,1-6H3,(H,31,33). The van der Waals surface area contributed by atoms with Crippen molar-refractivity contribution in [3.05, 3.63) is 0 Å². The molecule has 0 spiro atoms. The molecule has 0 aromatic carbocycles. The highest BCUT2D eigenvalue weighted by Crippen LogP contribution is 2.68. The number of rotatable bonds is 8. The predicted molar refractivity (Wildman–Crippen MR) is 138 cm³/mol. The summed E-state index contributed by atoms with van der Waals surface area (Å²) in [5, 5.41) is 9.73. The van der Waals surface area contributed by atoms with Crippen molar-refractivity contribution in [1.29, 1.82) is 0 Å². The number of fused-ring (bicyclic) bond motifs is 5. The Morgan fingerprint density at radius 1 is 0.970 bits per heavy atom. The van der Waals surface area contributed by atoms with Gasteiger partial charge in [0.05, 0.1) is 6.67 Å². The topological polar surface area (TPSA) is 53.2 Å². The summed E-state index contributed by atoms with van der Waals surface area (Å²) in [6.45, 7) is 12.8. The first-order chi connectivity index (χ1) is 15.6. The first-order valence-electron chi connectivity index (χ1n) is 14.3. The molecule has 4 aliphatic rings. The number of hydrogen-bond donors (Lipinski definition) is 3. The van der Waals surface area contributed by atoms with Crippen molar-refractivity contribution in [2.75, 3.05) is 13.7 Å². The van der Waals surface area contributed by atoms with Crippen LogP contribution in [0.2, 0.25) is 0 Å². The average molecular weight is 460 g/mol. The SMILES string of the molecule is CNCNC(=O)CC(C)NC(C)(C)CC1CCC2C3CCC4CCCCC4(C)C3CCC12C. The summed E-state index contributed by atoms with van der Waals surface area (Å²) >= 11 is 0. The van der Waals surface area contributed by atoms with Crippen LogP contribution in [0.1, 0.15) is 112 Å². The van der Waals surface area contributed by atoms with Crippen LogP contribution in [0.25, 0.3) is 0 Å². The minimum absolute atomic E-state index is 0.0646. The molecule has 0 aliphatic heterocycles. The second-order valence-corrected chi connectivity index (χ2v) is 13.7. The van der Waals surface area contributed by atoms with E-state index < -0.39 is 0 Å².